The topological polar surface area (TPSA) is 183 Å². The number of ether oxygens (including phenoxy) is 4. The summed E-state index contributed by atoms with van der Waals surface area (Å²) in [6, 6.07) is 15.6. The van der Waals surface area contributed by atoms with Gasteiger partial charge in [-0.05, 0) is 174 Å². The zero-order valence-corrected chi connectivity index (χ0v) is 56.3. The van der Waals surface area contributed by atoms with E-state index in [9.17, 15) is 26.4 Å². The fourth-order valence-electron chi connectivity index (χ4n) is 7.54. The first-order chi connectivity index (χ1) is 34.4. The van der Waals surface area contributed by atoms with Crippen LogP contribution in [0.1, 0.15) is 42.5 Å². The summed E-state index contributed by atoms with van der Waals surface area (Å²) in [5, 5.41) is 0.533. The maximum atomic E-state index is 13.5. The van der Waals surface area contributed by atoms with E-state index in [0.717, 1.165) is 0 Å². The number of benzene rings is 2. The van der Waals surface area contributed by atoms with E-state index in [4.69, 9.17) is 35.4 Å². The van der Waals surface area contributed by atoms with Gasteiger partial charge in [0.25, 0.3) is 0 Å². The number of hydrogen-bond donors (Lipinski definition) is 0. The largest absolute Gasteiger partial charge is 0.477 e. The number of carbonyl (C=O) groups excluding carboxylic acids is 2. The number of allylic oxidation sites excluding steroid dienone is 4. The predicted molar refractivity (Wildman–Crippen MR) is 330 cm³/mol. The molecule has 2 aliphatic heterocycles. The summed E-state index contributed by atoms with van der Waals surface area (Å²) in [7, 11) is -18.1. The minimum Gasteiger partial charge on any atom is -0.477 e. The Kier molecular flexibility index (Phi) is 25.6. The predicted octanol–water partition coefficient (Wildman–Crippen LogP) is 12.0. The molecule has 78 heavy (non-hydrogen) atoms. The van der Waals surface area contributed by atoms with Crippen molar-refractivity contribution in [1.29, 1.82) is 0 Å². The molecule has 24 heteroatoms. The number of nitrogens with zero attached hydrogens (tertiary/aromatic N) is 2. The van der Waals surface area contributed by atoms with Gasteiger partial charge in [0.15, 0.2) is 54.8 Å². The van der Waals surface area contributed by atoms with Crippen molar-refractivity contribution in [3.8, 4) is 0 Å². The van der Waals surface area contributed by atoms with Gasteiger partial charge in [-0.15, -0.1) is 0 Å². The Bertz CT molecular complexity index is 2720. The van der Waals surface area contributed by atoms with Crippen LogP contribution in [0.4, 0.5) is 0 Å². The molecule has 4 rings (SSSR count). The number of carbonyl (C=O) groups is 2. The van der Waals surface area contributed by atoms with E-state index >= 15 is 0 Å². The Morgan fingerprint density at radius 1 is 0.577 bits per heavy atom. The van der Waals surface area contributed by atoms with Gasteiger partial charge in [0.1, 0.15) is 26.4 Å². The van der Waals surface area contributed by atoms with Crippen molar-refractivity contribution < 1.29 is 61.8 Å². The average Bonchev–Trinajstić information content (AvgIpc) is 3.68. The van der Waals surface area contributed by atoms with Crippen LogP contribution in [0.25, 0.3) is 0 Å². The van der Waals surface area contributed by atoms with Gasteiger partial charge in [-0.2, -0.15) is 0 Å². The van der Waals surface area contributed by atoms with Crippen LogP contribution >= 0.6 is 0 Å². The average molecular weight is 1230 g/mol. The summed E-state index contributed by atoms with van der Waals surface area (Å²) in [6.07, 6.45) is 7.17. The van der Waals surface area contributed by atoms with Gasteiger partial charge in [0.05, 0.1) is 20.9 Å². The lowest BCUT2D eigenvalue weighted by Crippen LogP contribution is -2.54. The fraction of sp³-hybridized carbons (Fsp3) is 0.519. The molecule has 2 aromatic rings. The molecule has 2 aromatic carbocycles. The van der Waals surface area contributed by atoms with Gasteiger partial charge >= 0.3 is 29.1 Å². The molecule has 2 fully saturated rings. The maximum Gasteiger partial charge on any atom is 0.350 e. The van der Waals surface area contributed by atoms with Gasteiger partial charge in [-0.1, -0.05) is 63.9 Å². The smallest absolute Gasteiger partial charge is 0.350 e. The lowest BCUT2D eigenvalue weighted by atomic mass is 10.1. The third-order valence-corrected chi connectivity index (χ3v) is 33.2. The quantitative estimate of drug-likeness (QED) is 0.0616. The molecule has 2 aliphatic rings. The standard InChI is InChI=1S/2C26H43NO7SSi3.2CH4/c1-21(38(11,33-36(5,6)7)34-37(8,9)10)19-31-25(28)23(35(29,30)22-15-13-12-14-16-22)17-18-24-27(4)26(2,3)20-32-24;1-26(2)21-32-24(27(26)3)18-17-23(35(29,30)22-15-12-11-13-16-22)25(28)31-19-14-20-38(10,33-36(4,5)6)34-37(7,8)9;;/h12-18H,1,19-20H2,2-11H3;11-18,20H,19,21H2,1-10H3;2*1H4/b23-17+,24-18+;20-14+,23-17+,24-18+;;. The molecule has 0 aromatic heterocycles. The molecule has 0 N–H and O–H groups in total. The minimum absolute atomic E-state index is 0. The minimum atomic E-state index is -4.18. The van der Waals surface area contributed by atoms with E-state index in [-0.39, 0.29) is 48.9 Å². The van der Waals surface area contributed by atoms with E-state index in [1.54, 1.807) is 42.5 Å². The molecule has 2 heterocycles. The first kappa shape index (κ1) is 72.1. The Hall–Kier alpha value is -3.94. The van der Waals surface area contributed by atoms with E-state index in [1.165, 1.54) is 48.6 Å². The summed E-state index contributed by atoms with van der Waals surface area (Å²) in [5.41, 5.74) is 1.35. The lowest BCUT2D eigenvalue weighted by Gasteiger charge is -2.39. The summed E-state index contributed by atoms with van der Waals surface area (Å²) in [5.74, 6) is -1.00. The van der Waals surface area contributed by atoms with E-state index in [2.05, 4.69) is 85.1 Å². The number of likely N-dealkylation sites (N-methyl/N-ethyl adjacent to an activating group) is 2. The van der Waals surface area contributed by atoms with Crippen LogP contribution in [0.5, 0.6) is 0 Å². The molecule has 0 amide bonds. The van der Waals surface area contributed by atoms with Crippen LogP contribution in [-0.2, 0) is 64.7 Å². The van der Waals surface area contributed by atoms with Crippen molar-refractivity contribution in [3.05, 3.63) is 130 Å². The number of hydrogen-bond acceptors (Lipinski definition) is 16. The maximum absolute atomic E-state index is 13.5. The Morgan fingerprint density at radius 2 is 0.910 bits per heavy atom. The van der Waals surface area contributed by atoms with Crippen LogP contribution < -0.4 is 0 Å². The molecule has 0 radical (unpaired) electrons. The van der Waals surface area contributed by atoms with Crippen LogP contribution in [-0.4, -0.2) is 141 Å². The second-order valence-electron chi connectivity index (χ2n) is 24.0. The van der Waals surface area contributed by atoms with Gasteiger partial charge in [0.2, 0.25) is 19.7 Å². The van der Waals surface area contributed by atoms with Crippen molar-refractivity contribution in [2.45, 2.75) is 155 Å². The molecule has 440 valence electrons. The highest BCUT2D eigenvalue weighted by Gasteiger charge is 2.44. The van der Waals surface area contributed by atoms with Crippen LogP contribution in [0.2, 0.25) is 91.7 Å². The van der Waals surface area contributed by atoms with Crippen LogP contribution in [0.15, 0.2) is 140 Å². The fourth-order valence-corrected chi connectivity index (χ4v) is 32.8. The van der Waals surface area contributed by atoms with Crippen molar-refractivity contribution in [2.75, 3.05) is 40.5 Å². The van der Waals surface area contributed by atoms with Crippen molar-refractivity contribution >= 4 is 82.0 Å². The number of sulfone groups is 2. The van der Waals surface area contributed by atoms with E-state index in [1.807, 2.05) is 70.4 Å². The van der Waals surface area contributed by atoms with Crippen molar-refractivity contribution in [2.24, 2.45) is 0 Å². The zero-order valence-electron chi connectivity index (χ0n) is 48.7. The van der Waals surface area contributed by atoms with Crippen LogP contribution in [0.3, 0.4) is 0 Å². The molecule has 0 atom stereocenters. The molecule has 0 spiro atoms. The monoisotopic (exact) mass is 1230 g/mol. The van der Waals surface area contributed by atoms with Gasteiger partial charge < -0.3 is 45.2 Å². The summed E-state index contributed by atoms with van der Waals surface area (Å²) >= 11 is 0. The number of esters is 2. The Morgan fingerprint density at radius 3 is 1.22 bits per heavy atom. The van der Waals surface area contributed by atoms with Gasteiger partial charge in [-0.3, -0.25) is 0 Å². The van der Waals surface area contributed by atoms with Crippen molar-refractivity contribution in [1.82, 2.24) is 9.80 Å². The Balaban J connectivity index is 0.000000760. The normalized spacial score (nSPS) is 17.6. The number of rotatable bonds is 22. The highest BCUT2D eigenvalue weighted by Crippen LogP contribution is 2.32. The SMILES string of the molecule is C.C.C=C(COC(=O)/C(=C\C=C1\OCC(C)(C)N1C)S(=O)(=O)c1ccccc1)[Si](C)(O[Si](C)(C)C)O[Si](C)(C)C.CN1/C(=C\C=C(/C(=O)OC/C=C/[Si](C)(O[Si](C)(C)C)O[Si](C)(C)C)S(=O)(=O)c2ccccc2)OCC1(C)C. The van der Waals surface area contributed by atoms with Gasteiger partial charge in [-0.25, -0.2) is 26.4 Å². The Labute approximate surface area is 476 Å². The summed E-state index contributed by atoms with van der Waals surface area (Å²) in [4.78, 5) is 29.3. The molecule has 0 unspecified atom stereocenters. The molecule has 16 nitrogen and oxygen atoms in total. The second-order valence-corrected chi connectivity index (χ2v) is 53.0. The summed E-state index contributed by atoms with van der Waals surface area (Å²) < 4.78 is 102. The molecular weight excluding hydrogens is 1130 g/mol. The molecular formula is C54H94N2O14S2Si6. The van der Waals surface area contributed by atoms with Crippen LogP contribution in [0, 0.1) is 0 Å². The summed E-state index contributed by atoms with van der Waals surface area (Å²) in [6.45, 7) is 41.6. The third kappa shape index (κ3) is 21.8. The first-order valence-corrected chi connectivity index (χ1v) is 46.4. The third-order valence-electron chi connectivity index (χ3n) is 11.2. The highest BCUT2D eigenvalue weighted by molar-refractivity contribution is 7.96. The van der Waals surface area contributed by atoms with Crippen molar-refractivity contribution in [3.63, 3.8) is 0 Å². The van der Waals surface area contributed by atoms with E-state index < -0.39 is 91.8 Å². The molecule has 0 bridgehead atoms. The molecule has 0 saturated carbocycles. The molecule has 0 aliphatic carbocycles. The highest BCUT2D eigenvalue weighted by atomic mass is 32.2. The van der Waals surface area contributed by atoms with E-state index in [0.29, 0.717) is 30.2 Å². The first-order valence-electron chi connectivity index (χ1n) is 25.1. The van der Waals surface area contributed by atoms with Gasteiger partial charge in [0, 0.05) is 19.3 Å². The lowest BCUT2D eigenvalue weighted by molar-refractivity contribution is -0.138. The molecule has 2 saturated heterocycles. The second kappa shape index (κ2) is 27.7. The zero-order chi connectivity index (χ0) is 58.1.